The van der Waals surface area contributed by atoms with Gasteiger partial charge in [-0.1, -0.05) is 12.1 Å². The van der Waals surface area contributed by atoms with Crippen LogP contribution >= 0.6 is 0 Å². The van der Waals surface area contributed by atoms with Crippen molar-refractivity contribution >= 4 is 15.7 Å². The van der Waals surface area contributed by atoms with Gasteiger partial charge in [0.05, 0.1) is 10.6 Å². The first-order valence-electron chi connectivity index (χ1n) is 9.97. The number of nitrogens with zero attached hydrogens (tertiary/aromatic N) is 4. The number of aryl methyl sites for hydroxylation is 2. The molecule has 2 heterocycles. The maximum atomic E-state index is 12.6. The number of aromatic nitrogens is 4. The fraction of sp³-hybridized carbons (Fsp3) is 0.174. The van der Waals surface area contributed by atoms with Crippen molar-refractivity contribution < 1.29 is 13.2 Å². The predicted molar refractivity (Wildman–Crippen MR) is 122 cm³/mol. The minimum absolute atomic E-state index is 0.214. The van der Waals surface area contributed by atoms with Gasteiger partial charge < -0.3 is 4.74 Å². The summed E-state index contributed by atoms with van der Waals surface area (Å²) in [5.41, 5.74) is 4.37. The van der Waals surface area contributed by atoms with Crippen LogP contribution in [0.5, 0.6) is 11.6 Å². The summed E-state index contributed by atoms with van der Waals surface area (Å²) in [4.78, 5) is 0.214. The molecule has 2 aromatic carbocycles. The number of hydrogen-bond acceptors (Lipinski definition) is 6. The average Bonchev–Trinajstić information content (AvgIpc) is 3.03. The number of ether oxygens (including phenoxy) is 1. The zero-order chi connectivity index (χ0) is 22.9. The van der Waals surface area contributed by atoms with E-state index in [9.17, 15) is 8.42 Å². The average molecular weight is 450 g/mol. The number of benzene rings is 2. The molecule has 0 spiro atoms. The Labute approximate surface area is 187 Å². The van der Waals surface area contributed by atoms with E-state index in [0.717, 1.165) is 22.5 Å². The van der Waals surface area contributed by atoms with Crippen molar-refractivity contribution in [2.75, 3.05) is 4.72 Å². The van der Waals surface area contributed by atoms with Gasteiger partial charge in [0.2, 0.25) is 5.88 Å². The smallest absolute Gasteiger partial charge is 0.261 e. The highest BCUT2D eigenvalue weighted by molar-refractivity contribution is 7.92. The first kappa shape index (κ1) is 21.5. The molecule has 8 nitrogen and oxygen atoms in total. The minimum atomic E-state index is -3.67. The maximum Gasteiger partial charge on any atom is 0.261 e. The molecule has 0 aliphatic carbocycles. The Morgan fingerprint density at radius 2 is 1.66 bits per heavy atom. The first-order chi connectivity index (χ1) is 15.2. The molecule has 0 unspecified atom stereocenters. The highest BCUT2D eigenvalue weighted by Crippen LogP contribution is 2.24. The zero-order valence-electron chi connectivity index (χ0n) is 18.2. The van der Waals surface area contributed by atoms with E-state index in [-0.39, 0.29) is 4.90 Å². The lowest BCUT2D eigenvalue weighted by Gasteiger charge is -2.10. The monoisotopic (exact) mass is 449 g/mol. The van der Waals surface area contributed by atoms with Gasteiger partial charge in [0.25, 0.3) is 10.0 Å². The van der Waals surface area contributed by atoms with E-state index in [1.165, 1.54) is 0 Å². The lowest BCUT2D eigenvalue weighted by molar-refractivity contribution is 0.454. The molecule has 0 bridgehead atoms. The molecule has 0 radical (unpaired) electrons. The second-order valence-electron chi connectivity index (χ2n) is 7.49. The molecule has 0 aliphatic rings. The van der Waals surface area contributed by atoms with Crippen LogP contribution in [0.4, 0.5) is 5.69 Å². The van der Waals surface area contributed by atoms with E-state index in [0.29, 0.717) is 23.1 Å². The van der Waals surface area contributed by atoms with E-state index < -0.39 is 10.0 Å². The minimum Gasteiger partial charge on any atom is -0.438 e. The summed E-state index contributed by atoms with van der Waals surface area (Å²) in [6.07, 6.45) is 0. The van der Waals surface area contributed by atoms with Gasteiger partial charge in [-0.25, -0.2) is 13.1 Å². The van der Waals surface area contributed by atoms with E-state index in [2.05, 4.69) is 20.0 Å². The third-order valence-electron chi connectivity index (χ3n) is 5.12. The van der Waals surface area contributed by atoms with Crippen molar-refractivity contribution in [1.82, 2.24) is 20.0 Å². The van der Waals surface area contributed by atoms with Crippen molar-refractivity contribution in [3.8, 4) is 17.4 Å². The van der Waals surface area contributed by atoms with Crippen LogP contribution in [0.1, 0.15) is 22.5 Å². The topological polar surface area (TPSA) is 99.0 Å². The van der Waals surface area contributed by atoms with Crippen molar-refractivity contribution in [2.24, 2.45) is 0 Å². The Bertz CT molecular complexity index is 1360. The summed E-state index contributed by atoms with van der Waals surface area (Å²) >= 11 is 0. The van der Waals surface area contributed by atoms with Crippen molar-refractivity contribution in [3.05, 3.63) is 83.2 Å². The van der Waals surface area contributed by atoms with Crippen LogP contribution in [0.15, 0.2) is 65.6 Å². The molecule has 164 valence electrons. The second-order valence-corrected chi connectivity index (χ2v) is 9.17. The van der Waals surface area contributed by atoms with E-state index in [4.69, 9.17) is 4.74 Å². The number of hydrogen-bond donors (Lipinski definition) is 1. The molecule has 0 saturated heterocycles. The Morgan fingerprint density at radius 1 is 0.906 bits per heavy atom. The molecule has 0 atom stereocenters. The lowest BCUT2D eigenvalue weighted by Crippen LogP contribution is -2.12. The molecule has 0 saturated carbocycles. The Morgan fingerprint density at radius 3 is 2.25 bits per heavy atom. The molecule has 1 N–H and O–H groups in total. The SMILES string of the molecule is Cc1cccc(S(=O)(=O)Nc2ccc(Oc3ccc(-n4nc(C)c(C)c4C)nn3)cc2)c1. The number of anilines is 1. The van der Waals surface area contributed by atoms with Crippen molar-refractivity contribution in [3.63, 3.8) is 0 Å². The van der Waals surface area contributed by atoms with Gasteiger partial charge in [-0.3, -0.25) is 4.72 Å². The van der Waals surface area contributed by atoms with Gasteiger partial charge in [-0.2, -0.15) is 5.10 Å². The highest BCUT2D eigenvalue weighted by atomic mass is 32.2. The van der Waals surface area contributed by atoms with Gasteiger partial charge in [-0.15, -0.1) is 10.2 Å². The second kappa shape index (κ2) is 8.43. The van der Waals surface area contributed by atoms with E-state index in [1.54, 1.807) is 59.3 Å². The molecule has 4 aromatic rings. The number of nitrogens with one attached hydrogen (secondary N) is 1. The Kier molecular flexibility index (Phi) is 5.67. The summed E-state index contributed by atoms with van der Waals surface area (Å²) in [5.74, 6) is 1.43. The fourth-order valence-corrected chi connectivity index (χ4v) is 4.30. The summed E-state index contributed by atoms with van der Waals surface area (Å²) in [5, 5.41) is 12.8. The van der Waals surface area contributed by atoms with E-state index >= 15 is 0 Å². The van der Waals surface area contributed by atoms with Crippen LogP contribution in [-0.4, -0.2) is 28.4 Å². The molecule has 0 aliphatic heterocycles. The number of rotatable bonds is 6. The third-order valence-corrected chi connectivity index (χ3v) is 6.50. The molecular formula is C23H23N5O3S. The van der Waals surface area contributed by atoms with Gasteiger partial charge in [0, 0.05) is 17.4 Å². The Hall–Kier alpha value is -3.72. The lowest BCUT2D eigenvalue weighted by atomic mass is 10.2. The summed E-state index contributed by atoms with van der Waals surface area (Å²) in [6.45, 7) is 7.80. The molecule has 2 aromatic heterocycles. The van der Waals surface area contributed by atoms with Crippen LogP contribution < -0.4 is 9.46 Å². The van der Waals surface area contributed by atoms with Gasteiger partial charge in [0.1, 0.15) is 5.75 Å². The van der Waals surface area contributed by atoms with Crippen LogP contribution in [-0.2, 0) is 10.0 Å². The van der Waals surface area contributed by atoms with E-state index in [1.807, 2.05) is 33.8 Å². The summed E-state index contributed by atoms with van der Waals surface area (Å²) in [7, 11) is -3.67. The zero-order valence-corrected chi connectivity index (χ0v) is 19.0. The van der Waals surface area contributed by atoms with Crippen molar-refractivity contribution in [1.29, 1.82) is 0 Å². The summed E-state index contributed by atoms with van der Waals surface area (Å²) < 4.78 is 35.2. The van der Waals surface area contributed by atoms with Crippen LogP contribution in [0, 0.1) is 27.7 Å². The third kappa shape index (κ3) is 4.47. The number of sulfonamides is 1. The maximum absolute atomic E-state index is 12.6. The standard InChI is InChI=1S/C23H23N5O3S/c1-15-6-5-7-21(14-15)32(29,30)27-19-8-10-20(11-9-19)31-23-13-12-22(24-25-23)28-18(4)16(2)17(3)26-28/h5-14,27H,1-4H3. The summed E-state index contributed by atoms with van der Waals surface area (Å²) in [6, 6.07) is 16.8. The fourth-order valence-electron chi connectivity index (χ4n) is 3.13. The first-order valence-corrected chi connectivity index (χ1v) is 11.5. The van der Waals surface area contributed by atoms with Gasteiger partial charge in [-0.05, 0) is 81.3 Å². The highest BCUT2D eigenvalue weighted by Gasteiger charge is 2.14. The molecule has 0 amide bonds. The van der Waals surface area contributed by atoms with Crippen molar-refractivity contribution in [2.45, 2.75) is 32.6 Å². The van der Waals surface area contributed by atoms with Crippen LogP contribution in [0.3, 0.4) is 0 Å². The Balaban J connectivity index is 1.45. The van der Waals surface area contributed by atoms with Crippen LogP contribution in [0.2, 0.25) is 0 Å². The molecule has 9 heteroatoms. The molecule has 4 rings (SSSR count). The molecule has 32 heavy (non-hydrogen) atoms. The largest absolute Gasteiger partial charge is 0.438 e. The normalized spacial score (nSPS) is 11.4. The van der Waals surface area contributed by atoms with Crippen LogP contribution in [0.25, 0.3) is 5.82 Å². The van der Waals surface area contributed by atoms with Gasteiger partial charge >= 0.3 is 0 Å². The molecular weight excluding hydrogens is 426 g/mol. The molecule has 0 fully saturated rings. The predicted octanol–water partition coefficient (Wildman–Crippen LogP) is 4.49. The van der Waals surface area contributed by atoms with Gasteiger partial charge in [0.15, 0.2) is 5.82 Å². The quantitative estimate of drug-likeness (QED) is 0.466.